The highest BCUT2D eigenvalue weighted by Crippen LogP contribution is 2.26. The van der Waals surface area contributed by atoms with Gasteiger partial charge in [-0.2, -0.15) is 0 Å². The first-order chi connectivity index (χ1) is 9.58. The Morgan fingerprint density at radius 3 is 2.20 bits per heavy atom. The van der Waals surface area contributed by atoms with Crippen molar-refractivity contribution in [3.05, 3.63) is 28.2 Å². The molecule has 1 aromatic rings. The molecule has 0 saturated carbocycles. The third kappa shape index (κ3) is 5.59. The third-order valence-corrected chi connectivity index (χ3v) is 3.77. The highest BCUT2D eigenvalue weighted by molar-refractivity contribution is 6.42. The molecule has 0 amide bonds. The van der Waals surface area contributed by atoms with Gasteiger partial charge in [-0.3, -0.25) is 0 Å². The molecule has 2 N–H and O–H groups in total. The summed E-state index contributed by atoms with van der Waals surface area (Å²) in [6, 6.07) is 5.28. The van der Waals surface area contributed by atoms with Crippen LogP contribution in [0.25, 0.3) is 0 Å². The summed E-state index contributed by atoms with van der Waals surface area (Å²) in [4.78, 5) is 6.58. The lowest BCUT2D eigenvalue weighted by atomic mass is 10.3. The number of halogens is 2. The van der Waals surface area contributed by atoms with Crippen LogP contribution in [0.4, 0.5) is 5.69 Å². The second-order valence-corrected chi connectivity index (χ2v) is 5.58. The maximum Gasteiger partial charge on any atom is 0.196 e. The molecule has 0 spiro atoms. The first kappa shape index (κ1) is 17.1. The van der Waals surface area contributed by atoms with E-state index in [1.165, 1.54) is 0 Å². The van der Waals surface area contributed by atoms with Crippen LogP contribution < -0.4 is 5.73 Å². The van der Waals surface area contributed by atoms with Crippen molar-refractivity contribution in [2.45, 2.75) is 39.5 Å². The quantitative estimate of drug-likeness (QED) is 0.577. The van der Waals surface area contributed by atoms with Gasteiger partial charge in [0, 0.05) is 13.1 Å². The third-order valence-electron chi connectivity index (χ3n) is 3.03. The molecule has 1 aromatic carbocycles. The summed E-state index contributed by atoms with van der Waals surface area (Å²) in [6.07, 6.45) is 4.51. The van der Waals surface area contributed by atoms with Crippen LogP contribution in [0.2, 0.25) is 10.0 Å². The van der Waals surface area contributed by atoms with Crippen LogP contribution >= 0.6 is 23.2 Å². The normalized spacial score (nSPS) is 11.7. The van der Waals surface area contributed by atoms with Crippen LogP contribution in [0, 0.1) is 0 Å². The van der Waals surface area contributed by atoms with Crippen LogP contribution in [-0.4, -0.2) is 23.9 Å². The first-order valence-corrected chi connectivity index (χ1v) is 7.88. The predicted octanol–water partition coefficient (Wildman–Crippen LogP) is 4.84. The lowest BCUT2D eigenvalue weighted by Gasteiger charge is -2.23. The fraction of sp³-hybridized carbons (Fsp3) is 0.533. The molecule has 0 atom stereocenters. The summed E-state index contributed by atoms with van der Waals surface area (Å²) in [6.45, 7) is 6.22. The molecule has 0 bridgehead atoms. The Morgan fingerprint density at radius 1 is 1.10 bits per heavy atom. The summed E-state index contributed by atoms with van der Waals surface area (Å²) >= 11 is 11.9. The van der Waals surface area contributed by atoms with E-state index in [9.17, 15) is 0 Å². The van der Waals surface area contributed by atoms with Crippen molar-refractivity contribution in [2.24, 2.45) is 10.7 Å². The monoisotopic (exact) mass is 315 g/mol. The van der Waals surface area contributed by atoms with Crippen molar-refractivity contribution in [3.8, 4) is 0 Å². The van der Waals surface area contributed by atoms with Gasteiger partial charge in [-0.25, -0.2) is 4.99 Å². The molecule has 0 unspecified atom stereocenters. The lowest BCUT2D eigenvalue weighted by molar-refractivity contribution is 0.394. The molecule has 1 rings (SSSR count). The minimum Gasteiger partial charge on any atom is -0.369 e. The number of rotatable bonds is 7. The van der Waals surface area contributed by atoms with Crippen molar-refractivity contribution in [3.63, 3.8) is 0 Å². The zero-order valence-electron chi connectivity index (χ0n) is 12.2. The Hall–Kier alpha value is -0.930. The molecule has 5 heteroatoms. The van der Waals surface area contributed by atoms with Crippen molar-refractivity contribution in [2.75, 3.05) is 13.1 Å². The number of benzene rings is 1. The van der Waals surface area contributed by atoms with Crippen LogP contribution in [0.5, 0.6) is 0 Å². The molecule has 0 aliphatic carbocycles. The average Bonchev–Trinajstić information content (AvgIpc) is 2.43. The van der Waals surface area contributed by atoms with Gasteiger partial charge in [-0.05, 0) is 31.0 Å². The first-order valence-electron chi connectivity index (χ1n) is 7.12. The smallest absolute Gasteiger partial charge is 0.196 e. The van der Waals surface area contributed by atoms with Gasteiger partial charge in [-0.15, -0.1) is 0 Å². The maximum absolute atomic E-state index is 6.12. The summed E-state index contributed by atoms with van der Waals surface area (Å²) in [7, 11) is 0. The largest absolute Gasteiger partial charge is 0.369 e. The number of nitrogens with two attached hydrogens (primary N) is 1. The Labute approximate surface area is 131 Å². The molecule has 0 saturated heterocycles. The van der Waals surface area contributed by atoms with E-state index in [4.69, 9.17) is 28.9 Å². The van der Waals surface area contributed by atoms with Crippen LogP contribution in [0.3, 0.4) is 0 Å². The van der Waals surface area contributed by atoms with Crippen molar-refractivity contribution >= 4 is 34.8 Å². The van der Waals surface area contributed by atoms with E-state index in [1.807, 2.05) is 6.07 Å². The number of aliphatic imine (C=N–C) groups is 1. The molecular weight excluding hydrogens is 293 g/mol. The zero-order valence-corrected chi connectivity index (χ0v) is 13.7. The highest BCUT2D eigenvalue weighted by Gasteiger charge is 2.07. The SMILES string of the molecule is CCCCN(CCCC)C(N)=Nc1ccc(Cl)c(Cl)c1. The van der Waals surface area contributed by atoms with E-state index in [0.717, 1.165) is 44.5 Å². The van der Waals surface area contributed by atoms with Crippen molar-refractivity contribution in [1.29, 1.82) is 0 Å². The molecular formula is C15H23Cl2N3. The van der Waals surface area contributed by atoms with E-state index >= 15 is 0 Å². The zero-order chi connectivity index (χ0) is 15.0. The summed E-state index contributed by atoms with van der Waals surface area (Å²) in [5.74, 6) is 0.547. The van der Waals surface area contributed by atoms with E-state index in [2.05, 4.69) is 23.7 Å². The molecule has 0 fully saturated rings. The second-order valence-electron chi connectivity index (χ2n) is 4.76. The Bertz CT molecular complexity index is 439. The van der Waals surface area contributed by atoms with E-state index in [0.29, 0.717) is 16.0 Å². The molecule has 3 nitrogen and oxygen atoms in total. The Kier molecular flexibility index (Phi) is 7.78. The summed E-state index contributed by atoms with van der Waals surface area (Å²) < 4.78 is 0. The van der Waals surface area contributed by atoms with Crippen LogP contribution in [0.1, 0.15) is 39.5 Å². The van der Waals surface area contributed by atoms with Gasteiger partial charge in [0.05, 0.1) is 15.7 Å². The van der Waals surface area contributed by atoms with Gasteiger partial charge >= 0.3 is 0 Å². The fourth-order valence-electron chi connectivity index (χ4n) is 1.80. The number of nitrogens with zero attached hydrogens (tertiary/aromatic N) is 2. The molecule has 0 aliphatic heterocycles. The van der Waals surface area contributed by atoms with Gasteiger partial charge in [0.25, 0.3) is 0 Å². The standard InChI is InChI=1S/C15H23Cl2N3/c1-3-5-9-20(10-6-4-2)15(18)19-12-7-8-13(16)14(17)11-12/h7-8,11H,3-6,9-10H2,1-2H3,(H2,18,19). The van der Waals surface area contributed by atoms with Crippen LogP contribution in [0.15, 0.2) is 23.2 Å². The fourth-order valence-corrected chi connectivity index (χ4v) is 2.09. The minimum absolute atomic E-state index is 0.495. The van der Waals surface area contributed by atoms with Crippen molar-refractivity contribution in [1.82, 2.24) is 4.90 Å². The number of unbranched alkanes of at least 4 members (excludes halogenated alkanes) is 2. The van der Waals surface area contributed by atoms with Crippen molar-refractivity contribution < 1.29 is 0 Å². The average molecular weight is 316 g/mol. The van der Waals surface area contributed by atoms with E-state index in [1.54, 1.807) is 12.1 Å². The second kappa shape index (κ2) is 9.09. The van der Waals surface area contributed by atoms with E-state index in [-0.39, 0.29) is 0 Å². The minimum atomic E-state index is 0.495. The molecule has 112 valence electrons. The topological polar surface area (TPSA) is 41.6 Å². The van der Waals surface area contributed by atoms with E-state index < -0.39 is 0 Å². The predicted molar refractivity (Wildman–Crippen MR) is 89.1 cm³/mol. The summed E-state index contributed by atoms with van der Waals surface area (Å²) in [5, 5.41) is 1.02. The highest BCUT2D eigenvalue weighted by atomic mass is 35.5. The number of hydrogen-bond donors (Lipinski definition) is 1. The molecule has 0 radical (unpaired) electrons. The molecule has 0 heterocycles. The van der Waals surface area contributed by atoms with Gasteiger partial charge in [0.2, 0.25) is 0 Å². The van der Waals surface area contributed by atoms with Gasteiger partial charge in [0.15, 0.2) is 5.96 Å². The van der Waals surface area contributed by atoms with Gasteiger partial charge in [-0.1, -0.05) is 49.9 Å². The Morgan fingerprint density at radius 2 is 1.70 bits per heavy atom. The molecule has 0 aliphatic rings. The Balaban J connectivity index is 2.82. The lowest BCUT2D eigenvalue weighted by Crippen LogP contribution is -2.38. The summed E-state index contributed by atoms with van der Waals surface area (Å²) in [5.41, 5.74) is 6.85. The van der Waals surface area contributed by atoms with Crippen LogP contribution in [-0.2, 0) is 0 Å². The number of guanidine groups is 1. The molecule has 20 heavy (non-hydrogen) atoms. The van der Waals surface area contributed by atoms with Gasteiger partial charge < -0.3 is 10.6 Å². The van der Waals surface area contributed by atoms with Gasteiger partial charge in [0.1, 0.15) is 0 Å². The number of hydrogen-bond acceptors (Lipinski definition) is 1. The molecule has 0 aromatic heterocycles. The maximum atomic E-state index is 6.12.